The fraction of sp³-hybridized carbons (Fsp3) is 0.467. The molecule has 1 aromatic heterocycles. The average Bonchev–Trinajstić information content (AvgIpc) is 2.42. The van der Waals surface area contributed by atoms with Crippen molar-refractivity contribution in [1.82, 2.24) is 9.88 Å². The Labute approximate surface area is 123 Å². The van der Waals surface area contributed by atoms with Gasteiger partial charge in [0.15, 0.2) is 0 Å². The van der Waals surface area contributed by atoms with Crippen molar-refractivity contribution in [2.75, 3.05) is 6.54 Å². The van der Waals surface area contributed by atoms with Crippen LogP contribution < -0.4 is 0 Å². The van der Waals surface area contributed by atoms with Crippen molar-refractivity contribution < 1.29 is 14.7 Å². The number of aromatic nitrogens is 1. The zero-order valence-electron chi connectivity index (χ0n) is 11.7. The molecule has 1 fully saturated rings. The molecule has 0 aliphatic heterocycles. The molecule has 6 heteroatoms. The van der Waals surface area contributed by atoms with Gasteiger partial charge in [0.1, 0.15) is 5.41 Å². The van der Waals surface area contributed by atoms with E-state index in [0.717, 1.165) is 12.0 Å². The molecular weight excluding hydrogens is 270 g/mol. The monoisotopic (exact) mass is 287 g/mol. The van der Waals surface area contributed by atoms with Gasteiger partial charge in [0, 0.05) is 25.5 Å². The summed E-state index contributed by atoms with van der Waals surface area (Å²) in [5.74, 6) is -1.45. The number of carbonyl (C=O) groups is 2. The van der Waals surface area contributed by atoms with Crippen LogP contribution >= 0.6 is 0 Å². The zero-order chi connectivity index (χ0) is 15.3. The summed E-state index contributed by atoms with van der Waals surface area (Å²) in [4.78, 5) is 29.5. The molecular formula is C15H17N3O3. The van der Waals surface area contributed by atoms with E-state index in [-0.39, 0.29) is 25.4 Å². The van der Waals surface area contributed by atoms with Gasteiger partial charge in [-0.05, 0) is 24.5 Å². The Hall–Kier alpha value is -2.42. The highest BCUT2D eigenvalue weighted by molar-refractivity contribution is 6.02. The van der Waals surface area contributed by atoms with E-state index in [1.54, 1.807) is 18.5 Å². The second kappa shape index (κ2) is 6.35. The highest BCUT2D eigenvalue weighted by Gasteiger charge is 2.52. The van der Waals surface area contributed by atoms with Crippen LogP contribution in [0.25, 0.3) is 0 Å². The van der Waals surface area contributed by atoms with Gasteiger partial charge in [0.05, 0.1) is 12.5 Å². The molecule has 0 saturated heterocycles. The Bertz CT molecular complexity index is 561. The Morgan fingerprint density at radius 2 is 2.24 bits per heavy atom. The maximum Gasteiger partial charge on any atom is 0.319 e. The van der Waals surface area contributed by atoms with Gasteiger partial charge < -0.3 is 10.0 Å². The molecule has 0 bridgehead atoms. The molecule has 1 saturated carbocycles. The average molecular weight is 287 g/mol. The van der Waals surface area contributed by atoms with Crippen LogP contribution in [0.5, 0.6) is 0 Å². The van der Waals surface area contributed by atoms with Crippen molar-refractivity contribution in [2.24, 2.45) is 5.41 Å². The van der Waals surface area contributed by atoms with Crippen LogP contribution in [0, 0.1) is 16.7 Å². The first-order valence-corrected chi connectivity index (χ1v) is 6.89. The third-order valence-corrected chi connectivity index (χ3v) is 3.90. The minimum atomic E-state index is -1.29. The van der Waals surface area contributed by atoms with Gasteiger partial charge in [0.2, 0.25) is 5.91 Å². The number of nitriles is 1. The van der Waals surface area contributed by atoms with Crippen molar-refractivity contribution in [3.63, 3.8) is 0 Å². The van der Waals surface area contributed by atoms with Crippen molar-refractivity contribution in [1.29, 1.82) is 5.26 Å². The number of nitrogens with zero attached hydrogens (tertiary/aromatic N) is 3. The summed E-state index contributed by atoms with van der Waals surface area (Å²) in [5, 5.41) is 18.1. The SMILES string of the molecule is N#CCCN(Cc1cccnc1)C(=O)C1(C(=O)O)CCC1. The molecule has 1 N–H and O–H groups in total. The molecule has 0 aromatic carbocycles. The minimum Gasteiger partial charge on any atom is -0.480 e. The van der Waals surface area contributed by atoms with E-state index in [4.69, 9.17) is 5.26 Å². The topological polar surface area (TPSA) is 94.3 Å². The number of aliphatic carboxylic acids is 1. The second-order valence-corrected chi connectivity index (χ2v) is 5.24. The van der Waals surface area contributed by atoms with Gasteiger partial charge in [-0.15, -0.1) is 0 Å². The standard InChI is InChI=1S/C15H17N3O3/c16-7-3-9-18(11-12-4-1-8-17-10-12)13(19)15(14(20)21)5-2-6-15/h1,4,8,10H,2-3,5-6,9,11H2,(H,20,21). The fourth-order valence-electron chi connectivity index (χ4n) is 2.50. The van der Waals surface area contributed by atoms with Crippen molar-refractivity contribution in [3.8, 4) is 6.07 Å². The first-order valence-electron chi connectivity index (χ1n) is 6.89. The number of pyridine rings is 1. The van der Waals surface area contributed by atoms with Gasteiger partial charge in [-0.25, -0.2) is 0 Å². The molecule has 1 aliphatic carbocycles. The van der Waals surface area contributed by atoms with E-state index >= 15 is 0 Å². The summed E-state index contributed by atoms with van der Waals surface area (Å²) >= 11 is 0. The van der Waals surface area contributed by atoms with Gasteiger partial charge in [-0.1, -0.05) is 12.5 Å². The van der Waals surface area contributed by atoms with E-state index in [1.807, 2.05) is 12.1 Å². The number of carbonyl (C=O) groups excluding carboxylic acids is 1. The first-order chi connectivity index (χ1) is 10.1. The molecule has 1 aliphatic rings. The van der Waals surface area contributed by atoms with Crippen LogP contribution in [-0.2, 0) is 16.1 Å². The number of amides is 1. The normalized spacial score (nSPS) is 15.6. The Morgan fingerprint density at radius 3 is 2.71 bits per heavy atom. The highest BCUT2D eigenvalue weighted by Crippen LogP contribution is 2.43. The van der Waals surface area contributed by atoms with E-state index < -0.39 is 11.4 Å². The van der Waals surface area contributed by atoms with E-state index in [1.165, 1.54) is 4.90 Å². The molecule has 1 amide bonds. The maximum atomic E-state index is 12.6. The Morgan fingerprint density at radius 1 is 1.48 bits per heavy atom. The molecule has 0 spiro atoms. The third-order valence-electron chi connectivity index (χ3n) is 3.90. The maximum absolute atomic E-state index is 12.6. The zero-order valence-corrected chi connectivity index (χ0v) is 11.7. The molecule has 6 nitrogen and oxygen atoms in total. The minimum absolute atomic E-state index is 0.182. The largest absolute Gasteiger partial charge is 0.480 e. The summed E-state index contributed by atoms with van der Waals surface area (Å²) in [5.41, 5.74) is -0.471. The van der Waals surface area contributed by atoms with Crippen LogP contribution in [0.15, 0.2) is 24.5 Å². The lowest BCUT2D eigenvalue weighted by Gasteiger charge is -2.39. The Kier molecular flexibility index (Phi) is 4.53. The highest BCUT2D eigenvalue weighted by atomic mass is 16.4. The molecule has 0 unspecified atom stereocenters. The summed E-state index contributed by atoms with van der Waals surface area (Å²) in [7, 11) is 0. The molecule has 110 valence electrons. The predicted molar refractivity (Wildman–Crippen MR) is 73.8 cm³/mol. The number of carboxylic acid groups (broad SMARTS) is 1. The lowest BCUT2D eigenvalue weighted by atomic mass is 9.67. The van der Waals surface area contributed by atoms with E-state index in [9.17, 15) is 14.7 Å². The van der Waals surface area contributed by atoms with Crippen LogP contribution in [-0.4, -0.2) is 33.4 Å². The lowest BCUT2D eigenvalue weighted by molar-refractivity contribution is -0.167. The molecule has 2 rings (SSSR count). The summed E-state index contributed by atoms with van der Waals surface area (Å²) in [6.07, 6.45) is 4.95. The molecule has 1 heterocycles. The second-order valence-electron chi connectivity index (χ2n) is 5.24. The van der Waals surface area contributed by atoms with Gasteiger partial charge in [-0.2, -0.15) is 5.26 Å². The predicted octanol–water partition coefficient (Wildman–Crippen LogP) is 1.58. The van der Waals surface area contributed by atoms with Crippen LogP contribution in [0.3, 0.4) is 0 Å². The molecule has 1 aromatic rings. The molecule has 0 atom stereocenters. The number of hydrogen-bond acceptors (Lipinski definition) is 4. The summed E-state index contributed by atoms with van der Waals surface area (Å²) in [6, 6.07) is 5.59. The van der Waals surface area contributed by atoms with Crippen molar-refractivity contribution in [2.45, 2.75) is 32.2 Å². The van der Waals surface area contributed by atoms with E-state index in [2.05, 4.69) is 4.98 Å². The molecule has 21 heavy (non-hydrogen) atoms. The Balaban J connectivity index is 2.17. The van der Waals surface area contributed by atoms with Gasteiger partial charge in [0.25, 0.3) is 0 Å². The van der Waals surface area contributed by atoms with Gasteiger partial charge in [-0.3, -0.25) is 14.6 Å². The fourth-order valence-corrected chi connectivity index (χ4v) is 2.50. The number of hydrogen-bond donors (Lipinski definition) is 1. The van der Waals surface area contributed by atoms with E-state index in [0.29, 0.717) is 12.8 Å². The van der Waals surface area contributed by atoms with Gasteiger partial charge >= 0.3 is 5.97 Å². The van der Waals surface area contributed by atoms with Crippen LogP contribution in [0.1, 0.15) is 31.2 Å². The quantitative estimate of drug-likeness (QED) is 0.801. The van der Waals surface area contributed by atoms with Crippen molar-refractivity contribution >= 4 is 11.9 Å². The first kappa shape index (κ1) is 15.0. The van der Waals surface area contributed by atoms with Crippen molar-refractivity contribution in [3.05, 3.63) is 30.1 Å². The third kappa shape index (κ3) is 3.02. The van der Waals surface area contributed by atoms with Crippen LogP contribution in [0.2, 0.25) is 0 Å². The number of rotatable bonds is 6. The summed E-state index contributed by atoms with van der Waals surface area (Å²) in [6.45, 7) is 0.517. The number of carboxylic acids is 1. The van der Waals surface area contributed by atoms with Crippen LogP contribution in [0.4, 0.5) is 0 Å². The summed E-state index contributed by atoms with van der Waals surface area (Å²) < 4.78 is 0. The smallest absolute Gasteiger partial charge is 0.319 e. The lowest BCUT2D eigenvalue weighted by Crippen LogP contribution is -2.52. The molecule has 0 radical (unpaired) electrons.